The minimum atomic E-state index is -3.29. The normalized spacial score (nSPS) is 19.6. The lowest BCUT2D eigenvalue weighted by Crippen LogP contribution is -2.33. The monoisotopic (exact) mass is 372 g/mol. The second-order valence-electron chi connectivity index (χ2n) is 6.79. The van der Waals surface area contributed by atoms with Crippen molar-refractivity contribution in [1.29, 1.82) is 0 Å². The summed E-state index contributed by atoms with van der Waals surface area (Å²) in [7, 11) is 0.561. The van der Waals surface area contributed by atoms with E-state index in [0.29, 0.717) is 18.5 Å². The minimum Gasteiger partial charge on any atom is -0.378 e. The summed E-state index contributed by atoms with van der Waals surface area (Å²) in [5, 5.41) is -0.547. The van der Waals surface area contributed by atoms with Crippen molar-refractivity contribution in [3.63, 3.8) is 0 Å². The van der Waals surface area contributed by atoms with E-state index in [0.717, 1.165) is 11.3 Å². The van der Waals surface area contributed by atoms with Crippen LogP contribution in [0.15, 0.2) is 54.6 Å². The second-order valence-corrected chi connectivity index (χ2v) is 9.09. The fourth-order valence-electron chi connectivity index (χ4n) is 3.29. The minimum absolute atomic E-state index is 0.00826. The molecule has 138 valence electrons. The zero-order valence-electron chi connectivity index (χ0n) is 15.1. The van der Waals surface area contributed by atoms with Crippen molar-refractivity contribution in [1.82, 2.24) is 4.90 Å². The molecule has 0 radical (unpaired) electrons. The summed E-state index contributed by atoms with van der Waals surface area (Å²) in [5.74, 6) is -0.122. The van der Waals surface area contributed by atoms with Crippen LogP contribution in [0.5, 0.6) is 0 Å². The van der Waals surface area contributed by atoms with Gasteiger partial charge in [-0.05, 0) is 30.2 Å². The van der Waals surface area contributed by atoms with Crippen molar-refractivity contribution in [2.24, 2.45) is 0 Å². The van der Waals surface area contributed by atoms with E-state index < -0.39 is 15.1 Å². The lowest BCUT2D eigenvalue weighted by Gasteiger charge is -2.21. The molecule has 5 nitrogen and oxygen atoms in total. The molecule has 1 atom stereocenters. The van der Waals surface area contributed by atoms with Crippen LogP contribution >= 0.6 is 0 Å². The van der Waals surface area contributed by atoms with Gasteiger partial charge in [-0.25, -0.2) is 8.42 Å². The molecule has 2 aromatic carbocycles. The molecule has 0 aromatic heterocycles. The molecule has 1 saturated heterocycles. The van der Waals surface area contributed by atoms with Gasteiger partial charge in [0.05, 0.1) is 11.0 Å². The summed E-state index contributed by atoms with van der Waals surface area (Å²) in [5.41, 5.74) is 2.34. The number of carbonyl (C=O) groups is 1. The van der Waals surface area contributed by atoms with Gasteiger partial charge in [0.25, 0.3) is 5.91 Å². The number of sulfone groups is 1. The summed E-state index contributed by atoms with van der Waals surface area (Å²) in [6.45, 7) is 0.667. The van der Waals surface area contributed by atoms with E-state index in [1.807, 2.05) is 67.5 Å². The number of carbonyl (C=O) groups excluding carboxylic acids is 1. The van der Waals surface area contributed by atoms with Crippen LogP contribution in [-0.2, 0) is 9.84 Å². The molecule has 1 aliphatic heterocycles. The zero-order chi connectivity index (χ0) is 18.7. The zero-order valence-corrected chi connectivity index (χ0v) is 15.9. The van der Waals surface area contributed by atoms with Crippen molar-refractivity contribution in [2.75, 3.05) is 37.8 Å². The summed E-state index contributed by atoms with van der Waals surface area (Å²) in [6.07, 6.45) is 0.422. The van der Waals surface area contributed by atoms with Crippen molar-refractivity contribution in [3.05, 3.63) is 65.7 Å². The molecular formula is C20H24N2O3S. The second kappa shape index (κ2) is 7.50. The van der Waals surface area contributed by atoms with Crippen LogP contribution in [-0.4, -0.2) is 52.2 Å². The molecule has 1 unspecified atom stereocenters. The molecule has 6 heteroatoms. The molecule has 1 heterocycles. The number of rotatable bonds is 3. The van der Waals surface area contributed by atoms with Gasteiger partial charge >= 0.3 is 0 Å². The Morgan fingerprint density at radius 3 is 2.46 bits per heavy atom. The molecule has 0 bridgehead atoms. The van der Waals surface area contributed by atoms with Gasteiger partial charge in [0.2, 0.25) is 0 Å². The van der Waals surface area contributed by atoms with E-state index in [1.165, 1.54) is 0 Å². The maximum absolute atomic E-state index is 12.9. The number of hydrogen-bond acceptors (Lipinski definition) is 4. The summed E-state index contributed by atoms with van der Waals surface area (Å²) >= 11 is 0. The Labute approximate surface area is 155 Å². The fourth-order valence-corrected chi connectivity index (χ4v) is 5.08. The maximum Gasteiger partial charge on any atom is 0.253 e. The molecule has 0 saturated carbocycles. The van der Waals surface area contributed by atoms with E-state index in [9.17, 15) is 13.2 Å². The molecule has 2 aromatic rings. The van der Waals surface area contributed by atoms with E-state index in [-0.39, 0.29) is 18.2 Å². The quantitative estimate of drug-likeness (QED) is 0.831. The van der Waals surface area contributed by atoms with Crippen LogP contribution < -0.4 is 4.90 Å². The SMILES string of the molecule is CN(C)c1cccc(C(=O)N2CCC(c3ccccc3)S(=O)(=O)CC2)c1. The molecule has 0 N–H and O–H groups in total. The van der Waals surface area contributed by atoms with Crippen molar-refractivity contribution >= 4 is 21.4 Å². The fraction of sp³-hybridized carbons (Fsp3) is 0.350. The van der Waals surface area contributed by atoms with Crippen LogP contribution in [0.25, 0.3) is 0 Å². The standard InChI is InChI=1S/C20H24N2O3S/c1-21(2)18-10-6-9-17(15-18)20(23)22-12-11-19(26(24,25)14-13-22)16-7-4-3-5-8-16/h3-10,15,19H,11-14H2,1-2H3. The highest BCUT2D eigenvalue weighted by molar-refractivity contribution is 7.91. The first-order chi connectivity index (χ1) is 12.4. The molecule has 3 rings (SSSR count). The highest BCUT2D eigenvalue weighted by Gasteiger charge is 2.32. The lowest BCUT2D eigenvalue weighted by atomic mass is 10.1. The van der Waals surface area contributed by atoms with E-state index in [2.05, 4.69) is 0 Å². The van der Waals surface area contributed by atoms with Crippen LogP contribution in [0, 0.1) is 0 Å². The number of benzene rings is 2. The molecule has 0 spiro atoms. The Morgan fingerprint density at radius 2 is 1.77 bits per heavy atom. The maximum atomic E-state index is 12.9. The highest BCUT2D eigenvalue weighted by Crippen LogP contribution is 2.29. The molecule has 1 amide bonds. The topological polar surface area (TPSA) is 57.7 Å². The van der Waals surface area contributed by atoms with Crippen molar-refractivity contribution < 1.29 is 13.2 Å². The Kier molecular flexibility index (Phi) is 5.32. The van der Waals surface area contributed by atoms with Gasteiger partial charge in [0, 0.05) is 38.4 Å². The molecule has 0 aliphatic carbocycles. The Bertz CT molecular complexity index is 879. The number of hydrogen-bond donors (Lipinski definition) is 0. The van der Waals surface area contributed by atoms with E-state index in [4.69, 9.17) is 0 Å². The molecule has 26 heavy (non-hydrogen) atoms. The first-order valence-corrected chi connectivity index (χ1v) is 10.4. The van der Waals surface area contributed by atoms with Crippen LogP contribution in [0.1, 0.15) is 27.6 Å². The van der Waals surface area contributed by atoms with Gasteiger partial charge in [-0.3, -0.25) is 4.79 Å². The molecular weight excluding hydrogens is 348 g/mol. The Balaban J connectivity index is 1.81. The predicted octanol–water partition coefficient (Wildman–Crippen LogP) is 2.75. The van der Waals surface area contributed by atoms with E-state index in [1.54, 1.807) is 11.0 Å². The van der Waals surface area contributed by atoms with Crippen LogP contribution in [0.4, 0.5) is 5.69 Å². The Morgan fingerprint density at radius 1 is 1.04 bits per heavy atom. The highest BCUT2D eigenvalue weighted by atomic mass is 32.2. The van der Waals surface area contributed by atoms with Crippen LogP contribution in [0.2, 0.25) is 0 Å². The van der Waals surface area contributed by atoms with Gasteiger partial charge in [-0.2, -0.15) is 0 Å². The number of anilines is 1. The largest absolute Gasteiger partial charge is 0.378 e. The first-order valence-electron chi connectivity index (χ1n) is 8.71. The average Bonchev–Trinajstić information content (AvgIpc) is 2.80. The van der Waals surface area contributed by atoms with Crippen molar-refractivity contribution in [2.45, 2.75) is 11.7 Å². The predicted molar refractivity (Wildman–Crippen MR) is 104 cm³/mol. The smallest absolute Gasteiger partial charge is 0.253 e. The Hall–Kier alpha value is -2.34. The van der Waals surface area contributed by atoms with Crippen LogP contribution in [0.3, 0.4) is 0 Å². The van der Waals surface area contributed by atoms with Crippen molar-refractivity contribution in [3.8, 4) is 0 Å². The summed E-state index contributed by atoms with van der Waals surface area (Å²) in [6, 6.07) is 16.7. The van der Waals surface area contributed by atoms with Gasteiger partial charge < -0.3 is 9.80 Å². The third-order valence-electron chi connectivity index (χ3n) is 4.81. The van der Waals surface area contributed by atoms with Gasteiger partial charge in [-0.1, -0.05) is 36.4 Å². The first kappa shape index (κ1) is 18.5. The summed E-state index contributed by atoms with van der Waals surface area (Å²) < 4.78 is 25.4. The van der Waals surface area contributed by atoms with E-state index >= 15 is 0 Å². The molecule has 1 fully saturated rings. The molecule has 1 aliphatic rings. The van der Waals surface area contributed by atoms with Gasteiger partial charge in [-0.15, -0.1) is 0 Å². The summed E-state index contributed by atoms with van der Waals surface area (Å²) in [4.78, 5) is 16.5. The lowest BCUT2D eigenvalue weighted by molar-refractivity contribution is 0.0766. The number of nitrogens with zero attached hydrogens (tertiary/aromatic N) is 2. The third kappa shape index (κ3) is 3.90. The van der Waals surface area contributed by atoms with Gasteiger partial charge in [0.15, 0.2) is 9.84 Å². The third-order valence-corrected chi connectivity index (χ3v) is 6.93. The average molecular weight is 372 g/mol. The number of amides is 1. The van der Waals surface area contributed by atoms with Gasteiger partial charge in [0.1, 0.15) is 0 Å².